The number of ether oxygens (including phenoxy) is 1. The zero-order valence-electron chi connectivity index (χ0n) is 6.12. The lowest BCUT2D eigenvalue weighted by Gasteiger charge is -2.29. The van der Waals surface area contributed by atoms with E-state index in [4.69, 9.17) is 4.74 Å². The van der Waals surface area contributed by atoms with Crippen LogP contribution in [-0.2, 0) is 9.53 Å². The maximum Gasteiger partial charge on any atom is 0.330 e. The SMILES string of the molecule is O=C1C=C[C@]2(O)CCC[C@@H]2O1. The standard InChI is InChI=1S/C8H10O3/c9-7-3-5-8(10)4-1-2-6(8)11-7/h3,5-6,10H,1-2,4H2/t6-,8+/m0/s1. The fourth-order valence-electron chi connectivity index (χ4n) is 1.73. The lowest BCUT2D eigenvalue weighted by atomic mass is 9.98. The third-order valence-corrected chi connectivity index (χ3v) is 2.37. The predicted octanol–water partition coefficient (Wildman–Crippen LogP) is 0.383. The highest BCUT2D eigenvalue weighted by molar-refractivity contribution is 5.83. The molecular weight excluding hydrogens is 144 g/mol. The van der Waals surface area contributed by atoms with Gasteiger partial charge in [0.2, 0.25) is 0 Å². The van der Waals surface area contributed by atoms with E-state index in [1.165, 1.54) is 6.08 Å². The first-order chi connectivity index (χ1) is 5.21. The minimum atomic E-state index is -0.853. The van der Waals surface area contributed by atoms with Crippen LogP contribution in [0.15, 0.2) is 12.2 Å². The van der Waals surface area contributed by atoms with Crippen molar-refractivity contribution >= 4 is 5.97 Å². The molecule has 1 aliphatic heterocycles. The molecule has 0 radical (unpaired) electrons. The van der Waals surface area contributed by atoms with Crippen LogP contribution < -0.4 is 0 Å². The van der Waals surface area contributed by atoms with Gasteiger partial charge in [-0.2, -0.15) is 0 Å². The fraction of sp³-hybridized carbons (Fsp3) is 0.625. The topological polar surface area (TPSA) is 46.5 Å². The van der Waals surface area contributed by atoms with Crippen LogP contribution >= 0.6 is 0 Å². The Morgan fingerprint density at radius 3 is 3.36 bits per heavy atom. The summed E-state index contributed by atoms with van der Waals surface area (Å²) in [5, 5.41) is 9.76. The normalized spacial score (nSPS) is 41.9. The van der Waals surface area contributed by atoms with E-state index in [2.05, 4.69) is 0 Å². The highest BCUT2D eigenvalue weighted by Crippen LogP contribution is 2.35. The van der Waals surface area contributed by atoms with Gasteiger partial charge in [-0.1, -0.05) is 0 Å². The first-order valence-corrected chi connectivity index (χ1v) is 3.83. The van der Waals surface area contributed by atoms with Crippen LogP contribution in [0.5, 0.6) is 0 Å². The van der Waals surface area contributed by atoms with Crippen molar-refractivity contribution in [2.75, 3.05) is 0 Å². The van der Waals surface area contributed by atoms with Gasteiger partial charge >= 0.3 is 5.97 Å². The van der Waals surface area contributed by atoms with Gasteiger partial charge in [0.15, 0.2) is 0 Å². The molecular formula is C8H10O3. The smallest absolute Gasteiger partial charge is 0.330 e. The molecule has 0 aromatic heterocycles. The van der Waals surface area contributed by atoms with Crippen molar-refractivity contribution in [1.29, 1.82) is 0 Å². The molecule has 1 saturated carbocycles. The van der Waals surface area contributed by atoms with Crippen LogP contribution in [0.1, 0.15) is 19.3 Å². The van der Waals surface area contributed by atoms with E-state index in [0.29, 0.717) is 6.42 Å². The van der Waals surface area contributed by atoms with Crippen molar-refractivity contribution in [2.45, 2.75) is 31.0 Å². The molecule has 1 fully saturated rings. The Bertz CT molecular complexity index is 221. The Morgan fingerprint density at radius 2 is 2.55 bits per heavy atom. The molecule has 60 valence electrons. The van der Waals surface area contributed by atoms with Gasteiger partial charge in [-0.3, -0.25) is 0 Å². The highest BCUT2D eigenvalue weighted by atomic mass is 16.6. The van der Waals surface area contributed by atoms with Gasteiger partial charge in [-0.25, -0.2) is 4.79 Å². The molecule has 11 heavy (non-hydrogen) atoms. The van der Waals surface area contributed by atoms with E-state index < -0.39 is 5.60 Å². The summed E-state index contributed by atoms with van der Waals surface area (Å²) < 4.78 is 4.94. The molecule has 0 aromatic carbocycles. The summed E-state index contributed by atoms with van der Waals surface area (Å²) in [6.45, 7) is 0. The van der Waals surface area contributed by atoms with Gasteiger partial charge < -0.3 is 9.84 Å². The maximum absolute atomic E-state index is 10.7. The molecule has 2 aliphatic rings. The van der Waals surface area contributed by atoms with Gasteiger partial charge in [-0.15, -0.1) is 0 Å². The zero-order valence-corrected chi connectivity index (χ0v) is 6.12. The number of hydrogen-bond acceptors (Lipinski definition) is 3. The molecule has 0 amide bonds. The van der Waals surface area contributed by atoms with E-state index in [1.54, 1.807) is 6.08 Å². The number of aliphatic hydroxyl groups is 1. The number of rotatable bonds is 0. The molecule has 1 heterocycles. The third kappa shape index (κ3) is 0.959. The van der Waals surface area contributed by atoms with Crippen molar-refractivity contribution < 1.29 is 14.6 Å². The second-order valence-corrected chi connectivity index (χ2v) is 3.14. The molecule has 0 spiro atoms. The van der Waals surface area contributed by atoms with Gasteiger partial charge in [0.1, 0.15) is 11.7 Å². The van der Waals surface area contributed by atoms with Crippen molar-refractivity contribution in [3.05, 3.63) is 12.2 Å². The first-order valence-electron chi connectivity index (χ1n) is 3.83. The van der Waals surface area contributed by atoms with Gasteiger partial charge in [0.25, 0.3) is 0 Å². The largest absolute Gasteiger partial charge is 0.456 e. The molecule has 1 N–H and O–H groups in total. The Hall–Kier alpha value is -0.830. The molecule has 1 aliphatic carbocycles. The zero-order chi connectivity index (χ0) is 7.90. The second kappa shape index (κ2) is 2.08. The summed E-state index contributed by atoms with van der Waals surface area (Å²) in [5.41, 5.74) is -0.853. The van der Waals surface area contributed by atoms with Crippen LogP contribution in [0.2, 0.25) is 0 Å². The van der Waals surface area contributed by atoms with E-state index in [9.17, 15) is 9.90 Å². The van der Waals surface area contributed by atoms with Crippen LogP contribution in [-0.4, -0.2) is 22.8 Å². The Labute approximate surface area is 64.7 Å². The van der Waals surface area contributed by atoms with Crippen LogP contribution in [0, 0.1) is 0 Å². The minimum Gasteiger partial charge on any atom is -0.456 e. The monoisotopic (exact) mass is 154 g/mol. The maximum atomic E-state index is 10.7. The van der Waals surface area contributed by atoms with Crippen molar-refractivity contribution in [1.82, 2.24) is 0 Å². The predicted molar refractivity (Wildman–Crippen MR) is 37.8 cm³/mol. The summed E-state index contributed by atoms with van der Waals surface area (Å²) in [6, 6.07) is 0. The van der Waals surface area contributed by atoms with Crippen molar-refractivity contribution in [3.63, 3.8) is 0 Å². The minimum absolute atomic E-state index is 0.292. The average Bonchev–Trinajstić information content (AvgIpc) is 2.31. The molecule has 0 aromatic rings. The van der Waals surface area contributed by atoms with Crippen LogP contribution in [0.25, 0.3) is 0 Å². The summed E-state index contributed by atoms with van der Waals surface area (Å²) in [6.07, 6.45) is 5.01. The summed E-state index contributed by atoms with van der Waals surface area (Å²) in [4.78, 5) is 10.7. The number of carbonyl (C=O) groups is 1. The highest BCUT2D eigenvalue weighted by Gasteiger charge is 2.43. The molecule has 0 bridgehead atoms. The number of hydrogen-bond donors (Lipinski definition) is 1. The molecule has 0 unspecified atom stereocenters. The summed E-state index contributed by atoms with van der Waals surface area (Å²) >= 11 is 0. The van der Waals surface area contributed by atoms with E-state index in [0.717, 1.165) is 12.8 Å². The van der Waals surface area contributed by atoms with E-state index >= 15 is 0 Å². The molecule has 2 rings (SSSR count). The Morgan fingerprint density at radius 1 is 1.73 bits per heavy atom. The van der Waals surface area contributed by atoms with Gasteiger partial charge in [0.05, 0.1) is 0 Å². The lowest BCUT2D eigenvalue weighted by Crippen LogP contribution is -2.41. The molecule has 3 heteroatoms. The average molecular weight is 154 g/mol. The second-order valence-electron chi connectivity index (χ2n) is 3.14. The quantitative estimate of drug-likeness (QED) is 0.513. The van der Waals surface area contributed by atoms with E-state index in [1.807, 2.05) is 0 Å². The number of carbonyl (C=O) groups excluding carboxylic acids is 1. The van der Waals surface area contributed by atoms with E-state index in [-0.39, 0.29) is 12.1 Å². The Balaban J connectivity index is 2.28. The van der Waals surface area contributed by atoms with Crippen LogP contribution in [0.4, 0.5) is 0 Å². The lowest BCUT2D eigenvalue weighted by molar-refractivity contribution is -0.154. The molecule has 3 nitrogen and oxygen atoms in total. The summed E-state index contributed by atoms with van der Waals surface area (Å²) in [7, 11) is 0. The third-order valence-electron chi connectivity index (χ3n) is 2.37. The molecule has 2 atom stereocenters. The number of fused-ring (bicyclic) bond motifs is 1. The van der Waals surface area contributed by atoms with Crippen LogP contribution in [0.3, 0.4) is 0 Å². The van der Waals surface area contributed by atoms with Crippen molar-refractivity contribution in [2.24, 2.45) is 0 Å². The molecule has 0 saturated heterocycles. The summed E-state index contributed by atoms with van der Waals surface area (Å²) in [5.74, 6) is -0.332. The van der Waals surface area contributed by atoms with Gasteiger partial charge in [-0.05, 0) is 25.3 Å². The van der Waals surface area contributed by atoms with Gasteiger partial charge in [0, 0.05) is 6.08 Å². The fourth-order valence-corrected chi connectivity index (χ4v) is 1.73. The van der Waals surface area contributed by atoms with Crippen molar-refractivity contribution in [3.8, 4) is 0 Å². The first kappa shape index (κ1) is 6.85. The number of esters is 1. The Kier molecular flexibility index (Phi) is 1.29.